The van der Waals surface area contributed by atoms with Gasteiger partial charge in [0.05, 0.1) is 36.9 Å². The molecular formula is C22H21N3O3. The fraction of sp³-hybridized carbons (Fsp3) is 0.318. The van der Waals surface area contributed by atoms with Crippen molar-refractivity contribution in [3.05, 3.63) is 59.7 Å². The van der Waals surface area contributed by atoms with Crippen LogP contribution in [0.25, 0.3) is 11.1 Å². The second kappa shape index (κ2) is 7.10. The van der Waals surface area contributed by atoms with E-state index >= 15 is 0 Å². The SMILES string of the molecule is CC(=O)N1CC(=O)N2[C@H](CO)[C@H](c3ccc(-c4ccc(C#N)cc4)cc3)[C@H]2C1. The van der Waals surface area contributed by atoms with Crippen LogP contribution in [0.15, 0.2) is 48.5 Å². The minimum absolute atomic E-state index is 0.00566. The van der Waals surface area contributed by atoms with E-state index in [1.807, 2.05) is 36.4 Å². The number of carbonyl (C=O) groups excluding carboxylic acids is 2. The number of carbonyl (C=O) groups is 2. The van der Waals surface area contributed by atoms with Gasteiger partial charge in [0.2, 0.25) is 11.8 Å². The highest BCUT2D eigenvalue weighted by molar-refractivity contribution is 5.87. The molecule has 28 heavy (non-hydrogen) atoms. The number of nitrogens with zero attached hydrogens (tertiary/aromatic N) is 3. The van der Waals surface area contributed by atoms with Crippen molar-refractivity contribution < 1.29 is 14.7 Å². The van der Waals surface area contributed by atoms with Gasteiger partial charge in [-0.15, -0.1) is 0 Å². The summed E-state index contributed by atoms with van der Waals surface area (Å²) >= 11 is 0. The summed E-state index contributed by atoms with van der Waals surface area (Å²) in [5.74, 6) is -0.197. The Balaban J connectivity index is 1.58. The molecule has 2 aromatic rings. The van der Waals surface area contributed by atoms with Crippen molar-refractivity contribution in [3.63, 3.8) is 0 Å². The zero-order valence-corrected chi connectivity index (χ0v) is 15.6. The van der Waals surface area contributed by atoms with Crippen LogP contribution in [0.3, 0.4) is 0 Å². The lowest BCUT2D eigenvalue weighted by atomic mass is 9.73. The van der Waals surface area contributed by atoms with E-state index < -0.39 is 0 Å². The smallest absolute Gasteiger partial charge is 0.242 e. The van der Waals surface area contributed by atoms with Crippen LogP contribution in [0.1, 0.15) is 24.0 Å². The van der Waals surface area contributed by atoms with E-state index in [4.69, 9.17) is 5.26 Å². The Bertz CT molecular complexity index is 946. The van der Waals surface area contributed by atoms with E-state index in [1.165, 1.54) is 6.92 Å². The van der Waals surface area contributed by atoms with Crippen LogP contribution in [0, 0.1) is 11.3 Å². The van der Waals surface area contributed by atoms with Crippen molar-refractivity contribution in [3.8, 4) is 17.2 Å². The number of rotatable bonds is 3. The minimum Gasteiger partial charge on any atom is -0.394 e. The van der Waals surface area contributed by atoms with Gasteiger partial charge < -0.3 is 14.9 Å². The van der Waals surface area contributed by atoms with Crippen LogP contribution in [0.4, 0.5) is 0 Å². The summed E-state index contributed by atoms with van der Waals surface area (Å²) < 4.78 is 0. The zero-order chi connectivity index (χ0) is 19.8. The summed E-state index contributed by atoms with van der Waals surface area (Å²) in [6.45, 7) is 1.98. The molecule has 0 bridgehead atoms. The Labute approximate surface area is 163 Å². The zero-order valence-electron chi connectivity index (χ0n) is 15.6. The van der Waals surface area contributed by atoms with Gasteiger partial charge in [0.25, 0.3) is 0 Å². The highest BCUT2D eigenvalue weighted by atomic mass is 16.3. The topological polar surface area (TPSA) is 84.6 Å². The standard InChI is InChI=1S/C22H21N3O3/c1-14(27)24-11-19-22(20(13-26)25(19)21(28)12-24)18-8-6-17(7-9-18)16-4-2-15(10-23)3-5-16/h2-9,19-20,22,26H,11-13H2,1H3/t19-,20-,22-/m1/s1. The Kier molecular flexibility index (Phi) is 4.62. The third-order valence-corrected chi connectivity index (χ3v) is 5.84. The maximum atomic E-state index is 12.4. The molecule has 2 aliphatic heterocycles. The average Bonchev–Trinajstić information content (AvgIpc) is 2.70. The van der Waals surface area contributed by atoms with Gasteiger partial charge in [-0.3, -0.25) is 9.59 Å². The Morgan fingerprint density at radius 1 is 1.14 bits per heavy atom. The number of amides is 2. The van der Waals surface area contributed by atoms with Crippen molar-refractivity contribution in [2.75, 3.05) is 19.7 Å². The van der Waals surface area contributed by atoms with E-state index in [-0.39, 0.29) is 43.0 Å². The van der Waals surface area contributed by atoms with E-state index in [0.717, 1.165) is 16.7 Å². The Hall–Kier alpha value is -3.17. The molecule has 142 valence electrons. The second-order valence-corrected chi connectivity index (χ2v) is 7.35. The first-order valence-corrected chi connectivity index (χ1v) is 9.31. The van der Waals surface area contributed by atoms with Crippen LogP contribution in [-0.2, 0) is 9.59 Å². The largest absolute Gasteiger partial charge is 0.394 e. The molecule has 0 aliphatic carbocycles. The van der Waals surface area contributed by atoms with Gasteiger partial charge in [-0.1, -0.05) is 36.4 Å². The van der Waals surface area contributed by atoms with Crippen molar-refractivity contribution in [1.29, 1.82) is 5.26 Å². The number of piperazine rings is 1. The van der Waals surface area contributed by atoms with Crippen LogP contribution in [0.2, 0.25) is 0 Å². The molecule has 6 nitrogen and oxygen atoms in total. The molecule has 2 saturated heterocycles. The summed E-state index contributed by atoms with van der Waals surface area (Å²) in [4.78, 5) is 27.5. The predicted octanol–water partition coefficient (Wildman–Crippen LogP) is 1.74. The number of aliphatic hydroxyl groups excluding tert-OH is 1. The van der Waals surface area contributed by atoms with E-state index in [2.05, 4.69) is 6.07 Å². The molecular weight excluding hydrogens is 354 g/mol. The fourth-order valence-electron chi connectivity index (χ4n) is 4.37. The third kappa shape index (κ3) is 2.94. The first kappa shape index (κ1) is 18.2. The number of nitriles is 1. The molecule has 0 saturated carbocycles. The van der Waals surface area contributed by atoms with Crippen molar-refractivity contribution in [1.82, 2.24) is 9.80 Å². The first-order chi connectivity index (χ1) is 13.5. The summed E-state index contributed by atoms with van der Waals surface area (Å²) in [5.41, 5.74) is 3.73. The lowest BCUT2D eigenvalue weighted by molar-refractivity contribution is -0.166. The van der Waals surface area contributed by atoms with Gasteiger partial charge in [0.1, 0.15) is 0 Å². The van der Waals surface area contributed by atoms with Crippen LogP contribution in [-0.4, -0.2) is 58.5 Å². The van der Waals surface area contributed by atoms with Gasteiger partial charge in [-0.05, 0) is 28.8 Å². The third-order valence-electron chi connectivity index (χ3n) is 5.84. The molecule has 0 aromatic heterocycles. The first-order valence-electron chi connectivity index (χ1n) is 9.31. The fourth-order valence-corrected chi connectivity index (χ4v) is 4.37. The monoisotopic (exact) mass is 375 g/mol. The lowest BCUT2D eigenvalue weighted by Crippen LogP contribution is -2.73. The molecule has 1 N–H and O–H groups in total. The molecule has 2 heterocycles. The quantitative estimate of drug-likeness (QED) is 0.886. The molecule has 3 atom stereocenters. The molecule has 0 unspecified atom stereocenters. The van der Waals surface area contributed by atoms with Crippen molar-refractivity contribution in [2.45, 2.75) is 24.9 Å². The van der Waals surface area contributed by atoms with Crippen LogP contribution in [0.5, 0.6) is 0 Å². The van der Waals surface area contributed by atoms with Gasteiger partial charge in [0, 0.05) is 19.4 Å². The average molecular weight is 375 g/mol. The summed E-state index contributed by atoms with van der Waals surface area (Å²) in [6, 6.07) is 17.3. The molecule has 2 amide bonds. The summed E-state index contributed by atoms with van der Waals surface area (Å²) in [5, 5.41) is 18.8. The molecule has 6 heteroatoms. The van der Waals surface area contributed by atoms with E-state index in [9.17, 15) is 14.7 Å². The highest BCUT2D eigenvalue weighted by Gasteiger charge is 2.54. The van der Waals surface area contributed by atoms with E-state index in [1.54, 1.807) is 21.9 Å². The molecule has 0 radical (unpaired) electrons. The molecule has 2 aliphatic rings. The van der Waals surface area contributed by atoms with Crippen molar-refractivity contribution >= 4 is 11.8 Å². The van der Waals surface area contributed by atoms with E-state index in [0.29, 0.717) is 12.1 Å². The number of fused-ring (bicyclic) bond motifs is 1. The Morgan fingerprint density at radius 2 is 1.75 bits per heavy atom. The van der Waals surface area contributed by atoms with Crippen LogP contribution >= 0.6 is 0 Å². The maximum absolute atomic E-state index is 12.4. The summed E-state index contributed by atoms with van der Waals surface area (Å²) in [7, 11) is 0. The normalized spacial score (nSPS) is 23.6. The second-order valence-electron chi connectivity index (χ2n) is 7.35. The predicted molar refractivity (Wildman–Crippen MR) is 103 cm³/mol. The maximum Gasteiger partial charge on any atom is 0.242 e. The highest BCUT2D eigenvalue weighted by Crippen LogP contribution is 2.43. The minimum atomic E-state index is -0.243. The van der Waals surface area contributed by atoms with Gasteiger partial charge in [0.15, 0.2) is 0 Å². The number of hydrogen-bond acceptors (Lipinski definition) is 4. The molecule has 2 aromatic carbocycles. The molecule has 2 fully saturated rings. The molecule has 0 spiro atoms. The van der Waals surface area contributed by atoms with Gasteiger partial charge >= 0.3 is 0 Å². The van der Waals surface area contributed by atoms with Crippen molar-refractivity contribution in [2.24, 2.45) is 0 Å². The number of benzene rings is 2. The lowest BCUT2D eigenvalue weighted by Gasteiger charge is -2.58. The number of hydrogen-bond donors (Lipinski definition) is 1. The van der Waals surface area contributed by atoms with Gasteiger partial charge in [-0.2, -0.15) is 5.26 Å². The molecule has 4 rings (SSSR count). The summed E-state index contributed by atoms with van der Waals surface area (Å²) in [6.07, 6.45) is 0. The van der Waals surface area contributed by atoms with Crippen LogP contribution < -0.4 is 0 Å². The Morgan fingerprint density at radius 3 is 2.29 bits per heavy atom. The van der Waals surface area contributed by atoms with Gasteiger partial charge in [-0.25, -0.2) is 0 Å². The number of aliphatic hydroxyl groups is 1.